The SMILES string of the molecule is CCC(O)CCNc1ccnc2cc(Cl)ccc12. The molecule has 1 atom stereocenters. The predicted molar refractivity (Wildman–Crippen MR) is 76.2 cm³/mol. The fourth-order valence-electron chi connectivity index (χ4n) is 1.85. The van der Waals surface area contributed by atoms with E-state index in [1.165, 1.54) is 0 Å². The Balaban J connectivity index is 2.13. The highest BCUT2D eigenvalue weighted by Gasteiger charge is 2.04. The van der Waals surface area contributed by atoms with Gasteiger partial charge in [-0.1, -0.05) is 18.5 Å². The minimum atomic E-state index is -0.236. The molecule has 0 fully saturated rings. The Morgan fingerprint density at radius 2 is 2.22 bits per heavy atom. The monoisotopic (exact) mass is 264 g/mol. The zero-order valence-electron chi connectivity index (χ0n) is 10.4. The fraction of sp³-hybridized carbons (Fsp3) is 0.357. The van der Waals surface area contributed by atoms with Crippen LogP contribution >= 0.6 is 11.6 Å². The number of hydrogen-bond acceptors (Lipinski definition) is 3. The topological polar surface area (TPSA) is 45.1 Å². The summed E-state index contributed by atoms with van der Waals surface area (Å²) >= 11 is 5.94. The number of aromatic nitrogens is 1. The number of pyridine rings is 1. The number of fused-ring (bicyclic) bond motifs is 1. The van der Waals surface area contributed by atoms with Crippen molar-refractivity contribution in [1.29, 1.82) is 0 Å². The number of nitrogens with zero attached hydrogens (tertiary/aromatic N) is 1. The van der Waals surface area contributed by atoms with Crippen LogP contribution in [0.1, 0.15) is 19.8 Å². The number of anilines is 1. The lowest BCUT2D eigenvalue weighted by molar-refractivity contribution is 0.164. The van der Waals surface area contributed by atoms with Crippen molar-refractivity contribution in [3.8, 4) is 0 Å². The first-order chi connectivity index (χ1) is 8.70. The van der Waals surface area contributed by atoms with Gasteiger partial charge >= 0.3 is 0 Å². The third kappa shape index (κ3) is 3.12. The number of halogens is 1. The molecule has 3 nitrogen and oxygen atoms in total. The molecule has 0 spiro atoms. The standard InChI is InChI=1S/C14H17ClN2O/c1-2-11(18)5-7-16-13-6-8-17-14-9-10(15)3-4-12(13)14/h3-4,6,8-9,11,18H,2,5,7H2,1H3,(H,16,17). The summed E-state index contributed by atoms with van der Waals surface area (Å²) < 4.78 is 0. The zero-order chi connectivity index (χ0) is 13.0. The van der Waals surface area contributed by atoms with Crippen molar-refractivity contribution in [2.24, 2.45) is 0 Å². The van der Waals surface area contributed by atoms with E-state index in [0.717, 1.165) is 36.0 Å². The smallest absolute Gasteiger partial charge is 0.0737 e. The number of hydrogen-bond donors (Lipinski definition) is 2. The van der Waals surface area contributed by atoms with Crippen LogP contribution in [0.4, 0.5) is 5.69 Å². The third-order valence-corrected chi connectivity index (χ3v) is 3.20. The number of rotatable bonds is 5. The van der Waals surface area contributed by atoms with E-state index in [1.54, 1.807) is 6.20 Å². The van der Waals surface area contributed by atoms with Crippen molar-refractivity contribution in [3.63, 3.8) is 0 Å². The van der Waals surface area contributed by atoms with Crippen LogP contribution in [0.5, 0.6) is 0 Å². The van der Waals surface area contributed by atoms with Crippen LogP contribution in [0.25, 0.3) is 10.9 Å². The molecule has 2 rings (SSSR count). The van der Waals surface area contributed by atoms with Gasteiger partial charge < -0.3 is 10.4 Å². The van der Waals surface area contributed by atoms with Crippen molar-refractivity contribution in [2.45, 2.75) is 25.9 Å². The highest BCUT2D eigenvalue weighted by Crippen LogP contribution is 2.24. The number of aliphatic hydroxyl groups excluding tert-OH is 1. The van der Waals surface area contributed by atoms with Crippen LogP contribution in [0.3, 0.4) is 0 Å². The van der Waals surface area contributed by atoms with E-state index in [4.69, 9.17) is 11.6 Å². The summed E-state index contributed by atoms with van der Waals surface area (Å²) in [5, 5.41) is 14.6. The molecule has 1 aromatic heterocycles. The van der Waals surface area contributed by atoms with Crippen LogP contribution in [-0.4, -0.2) is 22.7 Å². The van der Waals surface area contributed by atoms with Crippen molar-refractivity contribution >= 4 is 28.2 Å². The first-order valence-electron chi connectivity index (χ1n) is 6.17. The van der Waals surface area contributed by atoms with Crippen molar-refractivity contribution < 1.29 is 5.11 Å². The molecule has 0 radical (unpaired) electrons. The van der Waals surface area contributed by atoms with Gasteiger partial charge in [0.1, 0.15) is 0 Å². The fourth-order valence-corrected chi connectivity index (χ4v) is 2.02. The Bertz CT molecular complexity index is 530. The Labute approximate surface area is 112 Å². The average molecular weight is 265 g/mol. The Morgan fingerprint density at radius 1 is 1.39 bits per heavy atom. The molecule has 0 saturated heterocycles. The van der Waals surface area contributed by atoms with Gasteiger partial charge in [0.2, 0.25) is 0 Å². The van der Waals surface area contributed by atoms with Gasteiger partial charge in [-0.3, -0.25) is 4.98 Å². The van der Waals surface area contributed by atoms with Crippen molar-refractivity contribution in [1.82, 2.24) is 4.98 Å². The molecule has 0 bridgehead atoms. The van der Waals surface area contributed by atoms with Gasteiger partial charge in [-0.05, 0) is 37.1 Å². The molecule has 2 N–H and O–H groups in total. The summed E-state index contributed by atoms with van der Waals surface area (Å²) in [6.07, 6.45) is 3.06. The number of benzene rings is 1. The maximum absolute atomic E-state index is 9.52. The van der Waals surface area contributed by atoms with Gasteiger partial charge in [0.05, 0.1) is 11.6 Å². The van der Waals surface area contributed by atoms with Gasteiger partial charge in [0, 0.05) is 28.8 Å². The molecular weight excluding hydrogens is 248 g/mol. The van der Waals surface area contributed by atoms with E-state index in [9.17, 15) is 5.11 Å². The molecule has 1 heterocycles. The molecule has 4 heteroatoms. The molecule has 0 aliphatic rings. The van der Waals surface area contributed by atoms with E-state index in [1.807, 2.05) is 31.2 Å². The van der Waals surface area contributed by atoms with Crippen LogP contribution in [0, 0.1) is 0 Å². The second kappa shape index (κ2) is 6.03. The molecule has 0 saturated carbocycles. The first kappa shape index (κ1) is 13.1. The molecule has 0 aliphatic carbocycles. The minimum Gasteiger partial charge on any atom is -0.393 e. The number of nitrogens with one attached hydrogen (secondary N) is 1. The van der Waals surface area contributed by atoms with Crippen LogP contribution in [0.2, 0.25) is 5.02 Å². The summed E-state index contributed by atoms with van der Waals surface area (Å²) in [6, 6.07) is 7.61. The quantitative estimate of drug-likeness (QED) is 0.869. The Morgan fingerprint density at radius 3 is 3.00 bits per heavy atom. The van der Waals surface area contributed by atoms with Crippen molar-refractivity contribution in [3.05, 3.63) is 35.5 Å². The summed E-state index contributed by atoms with van der Waals surface area (Å²) in [7, 11) is 0. The number of aliphatic hydroxyl groups is 1. The largest absolute Gasteiger partial charge is 0.393 e. The van der Waals surface area contributed by atoms with Gasteiger partial charge in [-0.15, -0.1) is 0 Å². The normalized spacial score (nSPS) is 12.6. The van der Waals surface area contributed by atoms with E-state index in [2.05, 4.69) is 10.3 Å². The zero-order valence-corrected chi connectivity index (χ0v) is 11.1. The Kier molecular flexibility index (Phi) is 4.39. The molecule has 0 amide bonds. The average Bonchev–Trinajstić information content (AvgIpc) is 2.38. The summed E-state index contributed by atoms with van der Waals surface area (Å²) in [4.78, 5) is 4.29. The first-order valence-corrected chi connectivity index (χ1v) is 6.54. The second-order valence-corrected chi connectivity index (χ2v) is 4.73. The minimum absolute atomic E-state index is 0.236. The lowest BCUT2D eigenvalue weighted by atomic mass is 10.1. The highest BCUT2D eigenvalue weighted by atomic mass is 35.5. The summed E-state index contributed by atoms with van der Waals surface area (Å²) in [5.41, 5.74) is 1.91. The lowest BCUT2D eigenvalue weighted by Crippen LogP contribution is -2.12. The van der Waals surface area contributed by atoms with Gasteiger partial charge in [-0.25, -0.2) is 0 Å². The van der Waals surface area contributed by atoms with Crippen molar-refractivity contribution in [2.75, 3.05) is 11.9 Å². The predicted octanol–water partition coefficient (Wildman–Crippen LogP) is 3.46. The molecule has 2 aromatic rings. The molecule has 1 unspecified atom stereocenters. The van der Waals surface area contributed by atoms with Crippen LogP contribution in [-0.2, 0) is 0 Å². The second-order valence-electron chi connectivity index (χ2n) is 4.30. The summed E-state index contributed by atoms with van der Waals surface area (Å²) in [5.74, 6) is 0. The molecule has 1 aromatic carbocycles. The van der Waals surface area contributed by atoms with Gasteiger partial charge in [0.15, 0.2) is 0 Å². The van der Waals surface area contributed by atoms with E-state index in [0.29, 0.717) is 5.02 Å². The Hall–Kier alpha value is -1.32. The maximum atomic E-state index is 9.52. The summed E-state index contributed by atoms with van der Waals surface area (Å²) in [6.45, 7) is 2.73. The van der Waals surface area contributed by atoms with Gasteiger partial charge in [-0.2, -0.15) is 0 Å². The van der Waals surface area contributed by atoms with E-state index >= 15 is 0 Å². The lowest BCUT2D eigenvalue weighted by Gasteiger charge is -2.11. The van der Waals surface area contributed by atoms with Crippen LogP contribution in [0.15, 0.2) is 30.5 Å². The third-order valence-electron chi connectivity index (χ3n) is 2.97. The maximum Gasteiger partial charge on any atom is 0.0737 e. The van der Waals surface area contributed by atoms with Crippen LogP contribution < -0.4 is 5.32 Å². The molecule has 0 aliphatic heterocycles. The van der Waals surface area contributed by atoms with E-state index in [-0.39, 0.29) is 6.10 Å². The highest BCUT2D eigenvalue weighted by molar-refractivity contribution is 6.31. The molecule has 18 heavy (non-hydrogen) atoms. The molecular formula is C14H17ClN2O. The molecule has 96 valence electrons. The van der Waals surface area contributed by atoms with E-state index < -0.39 is 0 Å². The van der Waals surface area contributed by atoms with Gasteiger partial charge in [0.25, 0.3) is 0 Å².